The van der Waals surface area contributed by atoms with Crippen LogP contribution >= 0.6 is 15.9 Å². The summed E-state index contributed by atoms with van der Waals surface area (Å²) in [6.07, 6.45) is 1.79. The number of nitrogens with zero attached hydrogens (tertiary/aromatic N) is 2. The van der Waals surface area contributed by atoms with Crippen LogP contribution in [0.15, 0.2) is 18.2 Å². The zero-order valence-electron chi connectivity index (χ0n) is 11.0. The smallest absolute Gasteiger partial charge is 0.311 e. The highest BCUT2D eigenvalue weighted by atomic mass is 79.9. The maximum absolute atomic E-state index is 12.3. The van der Waals surface area contributed by atoms with Crippen LogP contribution in [0.3, 0.4) is 0 Å². The zero-order chi connectivity index (χ0) is 14.7. The van der Waals surface area contributed by atoms with E-state index in [0.717, 1.165) is 12.8 Å². The number of piperidine rings is 1. The van der Waals surface area contributed by atoms with Crippen molar-refractivity contribution in [1.82, 2.24) is 4.90 Å². The Bertz CT molecular complexity index is 527. The van der Waals surface area contributed by atoms with Gasteiger partial charge in [-0.3, -0.25) is 14.9 Å². The van der Waals surface area contributed by atoms with Gasteiger partial charge in [-0.1, -0.05) is 15.9 Å². The third-order valence-corrected chi connectivity index (χ3v) is 4.25. The second-order valence-electron chi connectivity index (χ2n) is 4.61. The largest absolute Gasteiger partial charge is 0.490 e. The fraction of sp³-hybridized carbons (Fsp3) is 0.462. The van der Waals surface area contributed by atoms with Crippen molar-refractivity contribution in [2.75, 3.05) is 20.2 Å². The number of rotatable bonds is 3. The Morgan fingerprint density at radius 3 is 2.65 bits per heavy atom. The van der Waals surface area contributed by atoms with Crippen LogP contribution in [0, 0.1) is 10.1 Å². The highest BCUT2D eigenvalue weighted by Crippen LogP contribution is 2.28. The average Bonchev–Trinajstić information content (AvgIpc) is 2.46. The normalized spacial score (nSPS) is 16.0. The van der Waals surface area contributed by atoms with E-state index in [0.29, 0.717) is 23.5 Å². The molecular formula is C13H15BrN2O4. The quantitative estimate of drug-likeness (QED) is 0.480. The predicted octanol–water partition coefficient (Wildman–Crippen LogP) is 2.60. The lowest BCUT2D eigenvalue weighted by atomic mass is 10.1. The Balaban J connectivity index is 2.22. The molecule has 20 heavy (non-hydrogen) atoms. The number of likely N-dealkylation sites (tertiary alicyclic amines) is 1. The molecule has 0 bridgehead atoms. The van der Waals surface area contributed by atoms with E-state index in [1.807, 2.05) is 0 Å². The number of alkyl halides is 1. The van der Waals surface area contributed by atoms with Crippen molar-refractivity contribution < 1.29 is 14.5 Å². The average molecular weight is 343 g/mol. The first-order valence-corrected chi connectivity index (χ1v) is 7.20. The molecule has 2 rings (SSSR count). The maximum atomic E-state index is 12.3. The van der Waals surface area contributed by atoms with Crippen LogP contribution in [0.25, 0.3) is 0 Å². The number of carbonyl (C=O) groups is 1. The van der Waals surface area contributed by atoms with Crippen LogP contribution < -0.4 is 4.74 Å². The molecule has 1 aromatic rings. The number of amides is 1. The van der Waals surface area contributed by atoms with Gasteiger partial charge in [-0.05, 0) is 25.0 Å². The van der Waals surface area contributed by atoms with Gasteiger partial charge in [0.25, 0.3) is 5.91 Å². The summed E-state index contributed by atoms with van der Waals surface area (Å²) in [5.74, 6) is -0.0131. The number of halogens is 1. The minimum absolute atomic E-state index is 0.158. The Hall–Kier alpha value is -1.63. The summed E-state index contributed by atoms with van der Waals surface area (Å²) >= 11 is 3.53. The SMILES string of the molecule is COc1ccc(C(=O)N2CCC(Br)CC2)cc1[N+](=O)[O-]. The van der Waals surface area contributed by atoms with Crippen molar-refractivity contribution in [1.29, 1.82) is 0 Å². The molecule has 6 nitrogen and oxygen atoms in total. The van der Waals surface area contributed by atoms with Crippen LogP contribution in [-0.4, -0.2) is 40.8 Å². The molecule has 7 heteroatoms. The number of methoxy groups -OCH3 is 1. The highest BCUT2D eigenvalue weighted by Gasteiger charge is 2.24. The first-order valence-electron chi connectivity index (χ1n) is 6.28. The Labute approximate surface area is 125 Å². The number of nitro benzene ring substituents is 1. The summed E-state index contributed by atoms with van der Waals surface area (Å²) in [4.78, 5) is 24.9. The summed E-state index contributed by atoms with van der Waals surface area (Å²) in [5, 5.41) is 11.0. The molecule has 1 aliphatic heterocycles. The van der Waals surface area contributed by atoms with Crippen LogP contribution in [0.2, 0.25) is 0 Å². The topological polar surface area (TPSA) is 72.7 Å². The van der Waals surface area contributed by atoms with Gasteiger partial charge in [-0.2, -0.15) is 0 Å². The maximum Gasteiger partial charge on any atom is 0.311 e. The van der Waals surface area contributed by atoms with Crippen LogP contribution in [0.5, 0.6) is 5.75 Å². The van der Waals surface area contributed by atoms with E-state index in [1.165, 1.54) is 19.2 Å². The van der Waals surface area contributed by atoms with E-state index in [1.54, 1.807) is 11.0 Å². The Morgan fingerprint density at radius 1 is 1.45 bits per heavy atom. The van der Waals surface area contributed by atoms with E-state index in [2.05, 4.69) is 15.9 Å². The third-order valence-electron chi connectivity index (χ3n) is 3.33. The van der Waals surface area contributed by atoms with Gasteiger partial charge in [0.15, 0.2) is 5.75 Å². The summed E-state index contributed by atoms with van der Waals surface area (Å²) in [7, 11) is 1.37. The number of hydrogen-bond donors (Lipinski definition) is 0. The van der Waals surface area contributed by atoms with Crippen LogP contribution in [0.1, 0.15) is 23.2 Å². The highest BCUT2D eigenvalue weighted by molar-refractivity contribution is 9.09. The minimum Gasteiger partial charge on any atom is -0.490 e. The molecule has 1 aliphatic rings. The van der Waals surface area contributed by atoms with Crippen LogP contribution in [0.4, 0.5) is 5.69 Å². The lowest BCUT2D eigenvalue weighted by Crippen LogP contribution is -2.38. The van der Waals surface area contributed by atoms with Crippen LogP contribution in [-0.2, 0) is 0 Å². The molecule has 0 saturated carbocycles. The molecule has 0 N–H and O–H groups in total. The molecule has 0 atom stereocenters. The van der Waals surface area contributed by atoms with Crippen molar-refractivity contribution in [2.45, 2.75) is 17.7 Å². The molecule has 0 spiro atoms. The van der Waals surface area contributed by atoms with Crippen molar-refractivity contribution in [3.8, 4) is 5.75 Å². The molecular weight excluding hydrogens is 328 g/mol. The molecule has 108 valence electrons. The summed E-state index contributed by atoms with van der Waals surface area (Å²) in [6, 6.07) is 4.30. The summed E-state index contributed by atoms with van der Waals surface area (Å²) < 4.78 is 4.93. The predicted molar refractivity (Wildman–Crippen MR) is 77.5 cm³/mol. The number of hydrogen-bond acceptors (Lipinski definition) is 4. The molecule has 1 heterocycles. The van der Waals surface area contributed by atoms with E-state index >= 15 is 0 Å². The Kier molecular flexibility index (Phi) is 4.59. The first-order chi connectivity index (χ1) is 9.52. The molecule has 1 aromatic carbocycles. The number of benzene rings is 1. The standard InChI is InChI=1S/C13H15BrN2O4/c1-20-12-3-2-9(8-11(12)16(18)19)13(17)15-6-4-10(14)5-7-15/h2-3,8,10H,4-7H2,1H3. The summed E-state index contributed by atoms with van der Waals surface area (Å²) in [5.41, 5.74) is 0.138. The second-order valence-corrected chi connectivity index (χ2v) is 5.91. The van der Waals surface area contributed by atoms with E-state index < -0.39 is 4.92 Å². The fourth-order valence-electron chi connectivity index (χ4n) is 2.20. The van der Waals surface area contributed by atoms with E-state index in [9.17, 15) is 14.9 Å². The molecule has 1 fully saturated rings. The van der Waals surface area contributed by atoms with Crippen molar-refractivity contribution in [3.05, 3.63) is 33.9 Å². The molecule has 0 aromatic heterocycles. The molecule has 0 aliphatic carbocycles. The Morgan fingerprint density at radius 2 is 2.10 bits per heavy atom. The lowest BCUT2D eigenvalue weighted by molar-refractivity contribution is -0.385. The summed E-state index contributed by atoms with van der Waals surface area (Å²) in [6.45, 7) is 1.32. The number of carbonyl (C=O) groups excluding carboxylic acids is 1. The first kappa shape index (κ1) is 14.8. The minimum atomic E-state index is -0.541. The molecule has 1 amide bonds. The fourth-order valence-corrected chi connectivity index (χ4v) is 2.61. The van der Waals surface area contributed by atoms with E-state index in [-0.39, 0.29) is 17.3 Å². The number of nitro groups is 1. The van der Waals surface area contributed by atoms with Gasteiger partial charge in [-0.15, -0.1) is 0 Å². The van der Waals surface area contributed by atoms with Gasteiger partial charge in [0.05, 0.1) is 12.0 Å². The van der Waals surface area contributed by atoms with E-state index in [4.69, 9.17) is 4.74 Å². The van der Waals surface area contributed by atoms with Crippen molar-refractivity contribution in [2.24, 2.45) is 0 Å². The molecule has 0 radical (unpaired) electrons. The number of ether oxygens (including phenoxy) is 1. The van der Waals surface area contributed by atoms with Crippen molar-refractivity contribution in [3.63, 3.8) is 0 Å². The lowest BCUT2D eigenvalue weighted by Gasteiger charge is -2.29. The third kappa shape index (κ3) is 3.09. The van der Waals surface area contributed by atoms with Gasteiger partial charge in [0, 0.05) is 29.5 Å². The van der Waals surface area contributed by atoms with Gasteiger partial charge >= 0.3 is 5.69 Å². The van der Waals surface area contributed by atoms with Gasteiger partial charge in [0.1, 0.15) is 0 Å². The van der Waals surface area contributed by atoms with Crippen molar-refractivity contribution >= 4 is 27.5 Å². The zero-order valence-corrected chi connectivity index (χ0v) is 12.6. The van der Waals surface area contributed by atoms with Gasteiger partial charge < -0.3 is 9.64 Å². The monoisotopic (exact) mass is 342 g/mol. The van der Waals surface area contributed by atoms with Gasteiger partial charge in [-0.25, -0.2) is 0 Å². The molecule has 1 saturated heterocycles. The van der Waals surface area contributed by atoms with Gasteiger partial charge in [0.2, 0.25) is 0 Å². The molecule has 0 unspecified atom stereocenters. The second kappa shape index (κ2) is 6.21.